The lowest BCUT2D eigenvalue weighted by atomic mass is 9.91. The molecule has 0 aliphatic carbocycles. The minimum Gasteiger partial charge on any atom is -0.379 e. The standard InChI is InChI=1S/C41H85NO2/c1-4-7-10-13-15-17-19-21-23-25-28-31-36-43-39-41(38-40(34-35-42)33-30-27-12-9-6-3)44-37-32-29-26-24-22-20-18-16-14-11-8-5-2/h40-41H,4-39,42H2,1-3H3. The molecule has 0 rings (SSSR count). The summed E-state index contributed by atoms with van der Waals surface area (Å²) in [5, 5.41) is 0. The van der Waals surface area contributed by atoms with E-state index in [1.54, 1.807) is 0 Å². The van der Waals surface area contributed by atoms with E-state index in [4.69, 9.17) is 15.2 Å². The molecule has 0 bridgehead atoms. The average Bonchev–Trinajstić information content (AvgIpc) is 3.03. The number of ether oxygens (including phenoxy) is 2. The molecule has 3 nitrogen and oxygen atoms in total. The number of hydrogen-bond donors (Lipinski definition) is 1. The molecule has 0 aromatic carbocycles. The summed E-state index contributed by atoms with van der Waals surface area (Å²) in [6, 6.07) is 0. The molecule has 3 heteroatoms. The van der Waals surface area contributed by atoms with Gasteiger partial charge in [0.25, 0.3) is 0 Å². The van der Waals surface area contributed by atoms with Crippen molar-refractivity contribution in [2.24, 2.45) is 11.7 Å². The summed E-state index contributed by atoms with van der Waals surface area (Å²) >= 11 is 0. The van der Waals surface area contributed by atoms with Gasteiger partial charge in [0.2, 0.25) is 0 Å². The lowest BCUT2D eigenvalue weighted by Crippen LogP contribution is -2.25. The van der Waals surface area contributed by atoms with Crippen LogP contribution in [0.4, 0.5) is 0 Å². The minimum atomic E-state index is 0.243. The van der Waals surface area contributed by atoms with Crippen LogP contribution in [-0.4, -0.2) is 32.5 Å². The average molecular weight is 624 g/mol. The number of rotatable bonds is 39. The summed E-state index contributed by atoms with van der Waals surface area (Å²) < 4.78 is 12.7. The van der Waals surface area contributed by atoms with Crippen LogP contribution in [0.3, 0.4) is 0 Å². The molecule has 0 aromatic heterocycles. The lowest BCUT2D eigenvalue weighted by molar-refractivity contribution is -0.0308. The topological polar surface area (TPSA) is 44.5 Å². The van der Waals surface area contributed by atoms with Gasteiger partial charge in [-0.3, -0.25) is 0 Å². The van der Waals surface area contributed by atoms with Gasteiger partial charge < -0.3 is 15.2 Å². The van der Waals surface area contributed by atoms with E-state index in [1.807, 2.05) is 0 Å². The fourth-order valence-corrected chi connectivity index (χ4v) is 6.66. The molecule has 0 amide bonds. The van der Waals surface area contributed by atoms with Gasteiger partial charge >= 0.3 is 0 Å². The van der Waals surface area contributed by atoms with E-state index >= 15 is 0 Å². The second-order valence-electron chi connectivity index (χ2n) is 14.2. The lowest BCUT2D eigenvalue weighted by Gasteiger charge is -2.24. The van der Waals surface area contributed by atoms with E-state index in [0.29, 0.717) is 5.92 Å². The molecule has 0 saturated carbocycles. The normalized spacial score (nSPS) is 13.1. The summed E-state index contributed by atoms with van der Waals surface area (Å²) in [7, 11) is 0. The van der Waals surface area contributed by atoms with E-state index < -0.39 is 0 Å². The number of unbranched alkanes of at least 4 members (excludes halogenated alkanes) is 26. The molecule has 0 spiro atoms. The van der Waals surface area contributed by atoms with Gasteiger partial charge in [0.15, 0.2) is 0 Å². The fourth-order valence-electron chi connectivity index (χ4n) is 6.66. The predicted molar refractivity (Wildman–Crippen MR) is 198 cm³/mol. The molecule has 0 aromatic rings. The Bertz CT molecular complexity index is 499. The highest BCUT2D eigenvalue weighted by Crippen LogP contribution is 2.22. The number of nitrogens with two attached hydrogens (primary N) is 1. The Morgan fingerprint density at radius 1 is 0.409 bits per heavy atom. The first-order valence-electron chi connectivity index (χ1n) is 20.7. The third kappa shape index (κ3) is 34.7. The van der Waals surface area contributed by atoms with E-state index in [-0.39, 0.29) is 6.10 Å². The SMILES string of the molecule is CCCCCCCCCCCCCCOCC(CC(CCN)CCCCCCC)OCCCCCCCCCCCCCC. The molecule has 2 unspecified atom stereocenters. The van der Waals surface area contributed by atoms with Crippen molar-refractivity contribution in [3.63, 3.8) is 0 Å². The summed E-state index contributed by atoms with van der Waals surface area (Å²) in [6.07, 6.45) is 43.9. The number of hydrogen-bond acceptors (Lipinski definition) is 3. The van der Waals surface area contributed by atoms with Crippen molar-refractivity contribution in [3.05, 3.63) is 0 Å². The molecular weight excluding hydrogens is 538 g/mol. The van der Waals surface area contributed by atoms with Crippen molar-refractivity contribution < 1.29 is 9.47 Å². The molecule has 2 atom stereocenters. The van der Waals surface area contributed by atoms with Gasteiger partial charge in [-0.2, -0.15) is 0 Å². The molecule has 2 N–H and O–H groups in total. The zero-order chi connectivity index (χ0) is 32.0. The van der Waals surface area contributed by atoms with Crippen molar-refractivity contribution in [1.82, 2.24) is 0 Å². The van der Waals surface area contributed by atoms with E-state index in [0.717, 1.165) is 39.2 Å². The summed E-state index contributed by atoms with van der Waals surface area (Å²) in [5.74, 6) is 0.684. The van der Waals surface area contributed by atoms with Crippen LogP contribution in [-0.2, 0) is 9.47 Å². The van der Waals surface area contributed by atoms with Crippen LogP contribution in [0.25, 0.3) is 0 Å². The largest absolute Gasteiger partial charge is 0.379 e. The summed E-state index contributed by atoms with van der Waals surface area (Å²) in [5.41, 5.74) is 6.04. The Morgan fingerprint density at radius 2 is 0.773 bits per heavy atom. The molecule has 0 aliphatic rings. The Balaban J connectivity index is 4.15. The van der Waals surface area contributed by atoms with E-state index in [1.165, 1.54) is 193 Å². The molecule has 0 aliphatic heterocycles. The second kappa shape index (κ2) is 39.1. The Hall–Kier alpha value is -0.120. The maximum atomic E-state index is 6.50. The Kier molecular flexibility index (Phi) is 39.0. The molecule has 0 radical (unpaired) electrons. The molecule has 0 fully saturated rings. The highest BCUT2D eigenvalue weighted by Gasteiger charge is 2.17. The van der Waals surface area contributed by atoms with Crippen molar-refractivity contribution in [3.8, 4) is 0 Å². The first kappa shape index (κ1) is 43.9. The zero-order valence-corrected chi connectivity index (χ0v) is 31.0. The highest BCUT2D eigenvalue weighted by molar-refractivity contribution is 4.68. The molecular formula is C41H85NO2. The van der Waals surface area contributed by atoms with Crippen LogP contribution in [0, 0.1) is 5.92 Å². The zero-order valence-electron chi connectivity index (χ0n) is 31.0. The first-order valence-corrected chi connectivity index (χ1v) is 20.7. The molecule has 44 heavy (non-hydrogen) atoms. The van der Waals surface area contributed by atoms with Gasteiger partial charge in [-0.1, -0.05) is 201 Å². The van der Waals surface area contributed by atoms with Gasteiger partial charge in [-0.05, 0) is 38.1 Å². The van der Waals surface area contributed by atoms with Crippen LogP contribution in [0.1, 0.15) is 226 Å². The van der Waals surface area contributed by atoms with Crippen LogP contribution in [0.5, 0.6) is 0 Å². The monoisotopic (exact) mass is 624 g/mol. The van der Waals surface area contributed by atoms with Gasteiger partial charge in [-0.25, -0.2) is 0 Å². The van der Waals surface area contributed by atoms with E-state index in [2.05, 4.69) is 20.8 Å². The summed E-state index contributed by atoms with van der Waals surface area (Å²) in [6.45, 7) is 10.3. The smallest absolute Gasteiger partial charge is 0.0811 e. The van der Waals surface area contributed by atoms with Crippen LogP contribution < -0.4 is 5.73 Å². The van der Waals surface area contributed by atoms with Crippen LogP contribution in [0.15, 0.2) is 0 Å². The molecule has 266 valence electrons. The molecule has 0 saturated heterocycles. The first-order chi connectivity index (χ1) is 21.8. The third-order valence-electron chi connectivity index (χ3n) is 9.68. The highest BCUT2D eigenvalue weighted by atomic mass is 16.5. The minimum absolute atomic E-state index is 0.243. The van der Waals surface area contributed by atoms with Crippen LogP contribution >= 0.6 is 0 Å². The fraction of sp³-hybridized carbons (Fsp3) is 1.00. The maximum absolute atomic E-state index is 6.50. The van der Waals surface area contributed by atoms with Crippen LogP contribution in [0.2, 0.25) is 0 Å². The van der Waals surface area contributed by atoms with Gasteiger partial charge in [-0.15, -0.1) is 0 Å². The Labute approximate surface area is 279 Å². The Morgan fingerprint density at radius 3 is 1.18 bits per heavy atom. The van der Waals surface area contributed by atoms with Crippen molar-refractivity contribution >= 4 is 0 Å². The summed E-state index contributed by atoms with van der Waals surface area (Å²) in [4.78, 5) is 0. The van der Waals surface area contributed by atoms with E-state index in [9.17, 15) is 0 Å². The van der Waals surface area contributed by atoms with Gasteiger partial charge in [0.05, 0.1) is 12.7 Å². The second-order valence-corrected chi connectivity index (χ2v) is 14.2. The maximum Gasteiger partial charge on any atom is 0.0811 e. The quantitative estimate of drug-likeness (QED) is 0.0693. The third-order valence-corrected chi connectivity index (χ3v) is 9.68. The molecule has 0 heterocycles. The van der Waals surface area contributed by atoms with Crippen molar-refractivity contribution in [2.45, 2.75) is 232 Å². The predicted octanol–water partition coefficient (Wildman–Crippen LogP) is 13.5. The van der Waals surface area contributed by atoms with Gasteiger partial charge in [0.1, 0.15) is 0 Å². The van der Waals surface area contributed by atoms with Gasteiger partial charge in [0, 0.05) is 13.2 Å². The van der Waals surface area contributed by atoms with Crippen molar-refractivity contribution in [1.29, 1.82) is 0 Å². The van der Waals surface area contributed by atoms with Crippen molar-refractivity contribution in [2.75, 3.05) is 26.4 Å².